The monoisotopic (exact) mass is 642 g/mol. The number of allylic oxidation sites excluding steroid dienone is 2. The highest BCUT2D eigenvalue weighted by molar-refractivity contribution is 5.84. The SMILES string of the molecule is CC1(C)CC[C@]2(C(=O)NCCCCCC(=O)NCC(=O)O)CC[C@]3(C)C(=CC[C@@H]4[C@@]5(C)C[C@@H](O)[C@H](O)C(C)(C)[C@@H]5CC[C@]43C)[C@@H]2C1. The Morgan fingerprint density at radius 3 is 2.24 bits per heavy atom. The summed E-state index contributed by atoms with van der Waals surface area (Å²) >= 11 is 0. The average molecular weight is 643 g/mol. The number of amides is 2. The lowest BCUT2D eigenvalue weighted by atomic mass is 9.33. The molecule has 0 aromatic heterocycles. The van der Waals surface area contributed by atoms with E-state index in [4.69, 9.17) is 5.11 Å². The number of rotatable bonds is 9. The number of fused-ring (bicyclic) bond motifs is 7. The third-order valence-corrected chi connectivity index (χ3v) is 14.8. The maximum atomic E-state index is 14.3. The van der Waals surface area contributed by atoms with E-state index in [9.17, 15) is 24.6 Å². The van der Waals surface area contributed by atoms with Crippen LogP contribution in [0.15, 0.2) is 11.6 Å². The van der Waals surface area contributed by atoms with Crippen molar-refractivity contribution in [3.05, 3.63) is 11.6 Å². The Balaban J connectivity index is 1.34. The Kier molecular flexibility index (Phi) is 9.38. The van der Waals surface area contributed by atoms with Gasteiger partial charge in [0.25, 0.3) is 0 Å². The Hall–Kier alpha value is -1.93. The second-order valence-electron chi connectivity index (χ2n) is 18.1. The van der Waals surface area contributed by atoms with E-state index in [1.165, 1.54) is 5.57 Å². The van der Waals surface area contributed by atoms with Gasteiger partial charge in [0, 0.05) is 13.0 Å². The molecule has 260 valence electrons. The van der Waals surface area contributed by atoms with Crippen LogP contribution < -0.4 is 10.6 Å². The summed E-state index contributed by atoms with van der Waals surface area (Å²) in [5.41, 5.74) is 0.941. The van der Waals surface area contributed by atoms with Crippen LogP contribution in [0, 0.1) is 50.2 Å². The van der Waals surface area contributed by atoms with Crippen molar-refractivity contribution in [3.8, 4) is 0 Å². The highest BCUT2D eigenvalue weighted by Gasteiger charge is 2.69. The molecule has 0 unspecified atom stereocenters. The number of aliphatic hydroxyl groups excluding tert-OH is 2. The summed E-state index contributed by atoms with van der Waals surface area (Å²) in [6.45, 7) is 16.7. The largest absolute Gasteiger partial charge is 0.480 e. The highest BCUT2D eigenvalue weighted by Crippen LogP contribution is 2.75. The van der Waals surface area contributed by atoms with Crippen LogP contribution in [0.2, 0.25) is 0 Å². The third kappa shape index (κ3) is 5.65. The number of unbranched alkanes of at least 4 members (excludes halogenated alkanes) is 2. The van der Waals surface area contributed by atoms with E-state index >= 15 is 0 Å². The van der Waals surface area contributed by atoms with Crippen molar-refractivity contribution in [1.29, 1.82) is 0 Å². The minimum Gasteiger partial charge on any atom is -0.480 e. The summed E-state index contributed by atoms with van der Waals surface area (Å²) in [6.07, 6.45) is 12.4. The minimum atomic E-state index is -1.05. The zero-order valence-electron chi connectivity index (χ0n) is 29.6. The van der Waals surface area contributed by atoms with Crippen LogP contribution in [0.25, 0.3) is 0 Å². The predicted octanol–water partition coefficient (Wildman–Crippen LogP) is 6.00. The van der Waals surface area contributed by atoms with Crippen molar-refractivity contribution in [2.45, 2.75) is 144 Å². The molecule has 4 fully saturated rings. The van der Waals surface area contributed by atoms with Crippen molar-refractivity contribution in [3.63, 3.8) is 0 Å². The van der Waals surface area contributed by atoms with Crippen molar-refractivity contribution >= 4 is 17.8 Å². The molecule has 5 rings (SSSR count). The smallest absolute Gasteiger partial charge is 0.322 e. The van der Waals surface area contributed by atoms with Gasteiger partial charge in [-0.3, -0.25) is 14.4 Å². The number of aliphatic hydroxyl groups is 2. The molecule has 4 saturated carbocycles. The highest BCUT2D eigenvalue weighted by atomic mass is 16.4. The molecule has 2 amide bonds. The number of carboxylic acids is 1. The number of aliphatic carboxylic acids is 1. The summed E-state index contributed by atoms with van der Waals surface area (Å²) in [5, 5.41) is 36.6. The molecule has 0 heterocycles. The zero-order valence-corrected chi connectivity index (χ0v) is 29.6. The quantitative estimate of drug-likeness (QED) is 0.155. The molecule has 5 aliphatic rings. The zero-order chi connectivity index (χ0) is 33.9. The fourth-order valence-electron chi connectivity index (χ4n) is 12.0. The van der Waals surface area contributed by atoms with Gasteiger partial charge in [0.05, 0.1) is 17.6 Å². The molecule has 5 N–H and O–H groups in total. The average Bonchev–Trinajstić information content (AvgIpc) is 2.96. The van der Waals surface area contributed by atoms with Gasteiger partial charge in [0.15, 0.2) is 0 Å². The Morgan fingerprint density at radius 2 is 1.54 bits per heavy atom. The number of hydrogen-bond donors (Lipinski definition) is 5. The second kappa shape index (κ2) is 12.2. The molecule has 0 radical (unpaired) electrons. The number of carboxylic acid groups (broad SMARTS) is 1. The Labute approximate surface area is 276 Å². The molecule has 0 spiro atoms. The van der Waals surface area contributed by atoms with Crippen LogP contribution in [0.4, 0.5) is 0 Å². The first-order valence-corrected chi connectivity index (χ1v) is 18.2. The summed E-state index contributed by atoms with van der Waals surface area (Å²) in [5.74, 6) is -0.107. The van der Waals surface area contributed by atoms with Gasteiger partial charge in [-0.1, -0.05) is 66.5 Å². The van der Waals surface area contributed by atoms with E-state index in [0.717, 1.165) is 64.2 Å². The molecule has 0 aromatic carbocycles. The predicted molar refractivity (Wildman–Crippen MR) is 179 cm³/mol. The van der Waals surface area contributed by atoms with Crippen molar-refractivity contribution in [2.75, 3.05) is 13.1 Å². The molecular weight excluding hydrogens is 580 g/mol. The van der Waals surface area contributed by atoms with E-state index in [0.29, 0.717) is 37.6 Å². The van der Waals surface area contributed by atoms with Crippen molar-refractivity contribution in [2.24, 2.45) is 50.2 Å². The lowest BCUT2D eigenvalue weighted by Gasteiger charge is -2.71. The standard InChI is InChI=1S/C38H62N2O6/c1-33(2)16-18-38(32(46)39-20-10-8-9-11-29(42)40-23-30(43)44)19-17-36(6)24(25(38)21-33)12-13-28-35(5)22-26(41)31(45)34(3,4)27(35)14-15-37(28,36)7/h12,25-28,31,41,45H,8-11,13-23H2,1-7H3,(H,39,46)(H,40,42)(H,43,44)/t25-,26+,27-,28+,31-,35-,36+,37+,38-/m0/s1. The number of carbonyl (C=O) groups is 3. The summed E-state index contributed by atoms with van der Waals surface area (Å²) in [4.78, 5) is 36.7. The second-order valence-corrected chi connectivity index (χ2v) is 18.1. The van der Waals surface area contributed by atoms with Gasteiger partial charge in [0.1, 0.15) is 6.54 Å². The van der Waals surface area contributed by atoms with Gasteiger partial charge in [-0.25, -0.2) is 0 Å². The summed E-state index contributed by atoms with van der Waals surface area (Å²) in [7, 11) is 0. The fraction of sp³-hybridized carbons (Fsp3) is 0.868. The van der Waals surface area contributed by atoms with Crippen molar-refractivity contribution in [1.82, 2.24) is 10.6 Å². The van der Waals surface area contributed by atoms with Crippen LogP contribution in [-0.4, -0.2) is 58.4 Å². The summed E-state index contributed by atoms with van der Waals surface area (Å²) < 4.78 is 0. The van der Waals surface area contributed by atoms with E-state index in [1.54, 1.807) is 0 Å². The molecule has 9 atom stereocenters. The maximum absolute atomic E-state index is 14.3. The summed E-state index contributed by atoms with van der Waals surface area (Å²) in [6, 6.07) is 0. The maximum Gasteiger partial charge on any atom is 0.322 e. The van der Waals surface area contributed by atoms with Gasteiger partial charge < -0.3 is 26.0 Å². The topological polar surface area (TPSA) is 136 Å². The Morgan fingerprint density at radius 1 is 0.848 bits per heavy atom. The van der Waals surface area contributed by atoms with Crippen molar-refractivity contribution < 1.29 is 29.7 Å². The molecule has 0 saturated heterocycles. The molecule has 8 nitrogen and oxygen atoms in total. The first-order valence-electron chi connectivity index (χ1n) is 18.2. The van der Waals surface area contributed by atoms with E-state index in [-0.39, 0.29) is 51.4 Å². The lowest BCUT2D eigenvalue weighted by molar-refractivity contribution is -0.231. The molecule has 0 aromatic rings. The van der Waals surface area contributed by atoms with Gasteiger partial charge in [0.2, 0.25) is 11.8 Å². The van der Waals surface area contributed by atoms with E-state index < -0.39 is 23.6 Å². The van der Waals surface area contributed by atoms with Gasteiger partial charge in [-0.05, 0) is 115 Å². The normalized spacial score (nSPS) is 42.3. The number of nitrogens with one attached hydrogen (secondary N) is 2. The van der Waals surface area contributed by atoms with Gasteiger partial charge >= 0.3 is 5.97 Å². The van der Waals surface area contributed by atoms with Crippen LogP contribution >= 0.6 is 0 Å². The molecule has 46 heavy (non-hydrogen) atoms. The van der Waals surface area contributed by atoms with Crippen LogP contribution in [0.3, 0.4) is 0 Å². The lowest BCUT2D eigenvalue weighted by Crippen LogP contribution is -2.67. The van der Waals surface area contributed by atoms with Crippen LogP contribution in [-0.2, 0) is 14.4 Å². The first kappa shape index (κ1) is 35.4. The molecule has 0 bridgehead atoms. The molecule has 8 heteroatoms. The fourth-order valence-corrected chi connectivity index (χ4v) is 12.0. The van der Waals surface area contributed by atoms with Gasteiger partial charge in [-0.2, -0.15) is 0 Å². The minimum absolute atomic E-state index is 0.0157. The molecule has 5 aliphatic carbocycles. The first-order chi connectivity index (χ1) is 21.3. The van der Waals surface area contributed by atoms with Crippen LogP contribution in [0.5, 0.6) is 0 Å². The molecular formula is C38H62N2O6. The van der Waals surface area contributed by atoms with Crippen LogP contribution in [0.1, 0.15) is 132 Å². The number of carbonyl (C=O) groups excluding carboxylic acids is 2. The number of hydrogen-bond acceptors (Lipinski definition) is 5. The third-order valence-electron chi connectivity index (χ3n) is 14.8. The van der Waals surface area contributed by atoms with Gasteiger partial charge in [-0.15, -0.1) is 0 Å². The Bertz CT molecular complexity index is 1240. The molecule has 0 aliphatic heterocycles. The van der Waals surface area contributed by atoms with E-state index in [2.05, 4.69) is 65.2 Å². The van der Waals surface area contributed by atoms with E-state index in [1.807, 2.05) is 0 Å².